The van der Waals surface area contributed by atoms with E-state index in [1.54, 1.807) is 23.1 Å². The molecule has 0 saturated heterocycles. The Bertz CT molecular complexity index is 1190. The molecule has 160 valence electrons. The highest BCUT2D eigenvalue weighted by atomic mass is 35.5. The van der Waals surface area contributed by atoms with Gasteiger partial charge >= 0.3 is 0 Å². The van der Waals surface area contributed by atoms with E-state index in [1.165, 1.54) is 0 Å². The molecule has 0 radical (unpaired) electrons. The highest BCUT2D eigenvalue weighted by molar-refractivity contribution is 7.98. The normalized spacial score (nSPS) is 11.1. The highest BCUT2D eigenvalue weighted by Gasteiger charge is 2.14. The Morgan fingerprint density at radius 1 is 1.13 bits per heavy atom. The second-order valence-electron chi connectivity index (χ2n) is 6.75. The van der Waals surface area contributed by atoms with Crippen LogP contribution < -0.4 is 4.74 Å². The van der Waals surface area contributed by atoms with E-state index in [1.807, 2.05) is 49.4 Å². The summed E-state index contributed by atoms with van der Waals surface area (Å²) in [6.07, 6.45) is 0. The second kappa shape index (κ2) is 10.0. The number of aromatic nitrogens is 4. The van der Waals surface area contributed by atoms with Crippen LogP contribution in [0.4, 0.5) is 0 Å². The summed E-state index contributed by atoms with van der Waals surface area (Å²) in [4.78, 5) is 4.73. The van der Waals surface area contributed by atoms with Crippen LogP contribution in [0.1, 0.15) is 24.0 Å². The van der Waals surface area contributed by atoms with Gasteiger partial charge in [-0.25, -0.2) is 4.98 Å². The van der Waals surface area contributed by atoms with E-state index < -0.39 is 0 Å². The molecule has 0 unspecified atom stereocenters. The van der Waals surface area contributed by atoms with E-state index in [0.717, 1.165) is 45.1 Å². The summed E-state index contributed by atoms with van der Waals surface area (Å²) >= 11 is 15.5. The Morgan fingerprint density at radius 2 is 1.97 bits per heavy atom. The maximum Gasteiger partial charge on any atom is 0.191 e. The van der Waals surface area contributed by atoms with E-state index in [0.29, 0.717) is 22.4 Å². The molecule has 0 amide bonds. The van der Waals surface area contributed by atoms with Crippen LogP contribution in [0.25, 0.3) is 10.6 Å². The minimum absolute atomic E-state index is 0.344. The van der Waals surface area contributed by atoms with Crippen molar-refractivity contribution < 1.29 is 4.74 Å². The molecule has 0 aliphatic carbocycles. The molecule has 31 heavy (non-hydrogen) atoms. The first kappa shape index (κ1) is 22.1. The van der Waals surface area contributed by atoms with Crippen LogP contribution in [0.15, 0.2) is 53.0 Å². The topological polar surface area (TPSA) is 52.8 Å². The Morgan fingerprint density at radius 3 is 2.74 bits per heavy atom. The molecule has 0 aliphatic heterocycles. The van der Waals surface area contributed by atoms with Crippen LogP contribution in [-0.2, 0) is 18.9 Å². The van der Waals surface area contributed by atoms with Crippen molar-refractivity contribution in [3.63, 3.8) is 0 Å². The Kier molecular flexibility index (Phi) is 7.17. The zero-order chi connectivity index (χ0) is 21.8. The highest BCUT2D eigenvalue weighted by Crippen LogP contribution is 2.32. The minimum Gasteiger partial charge on any atom is -0.485 e. The zero-order valence-corrected chi connectivity index (χ0v) is 20.2. The summed E-state index contributed by atoms with van der Waals surface area (Å²) in [6, 6.07) is 13.3. The van der Waals surface area contributed by atoms with E-state index in [-0.39, 0.29) is 0 Å². The molecule has 0 aliphatic rings. The summed E-state index contributed by atoms with van der Waals surface area (Å²) in [5.74, 6) is 2.28. The van der Waals surface area contributed by atoms with Gasteiger partial charge < -0.3 is 9.30 Å². The smallest absolute Gasteiger partial charge is 0.191 e. The first-order chi connectivity index (χ1) is 15.0. The first-order valence-corrected chi connectivity index (χ1v) is 12.3. The quantitative estimate of drug-likeness (QED) is 0.251. The molecule has 0 spiro atoms. The maximum atomic E-state index is 6.30. The monoisotopic (exact) mass is 490 g/mol. The van der Waals surface area contributed by atoms with Crippen molar-refractivity contribution in [3.05, 3.63) is 75.0 Å². The molecule has 0 fully saturated rings. The van der Waals surface area contributed by atoms with Crippen molar-refractivity contribution in [2.75, 3.05) is 0 Å². The summed E-state index contributed by atoms with van der Waals surface area (Å²) in [5, 5.41) is 13.9. The third-order valence-electron chi connectivity index (χ3n) is 4.61. The largest absolute Gasteiger partial charge is 0.485 e. The van der Waals surface area contributed by atoms with Gasteiger partial charge in [-0.3, -0.25) is 0 Å². The lowest BCUT2D eigenvalue weighted by Gasteiger charge is -2.10. The fourth-order valence-electron chi connectivity index (χ4n) is 3.04. The number of rotatable bonds is 8. The number of nitrogens with zero attached hydrogens (tertiary/aromatic N) is 4. The zero-order valence-electron chi connectivity index (χ0n) is 17.0. The Hall–Kier alpha value is -2.06. The molecule has 2 heterocycles. The molecule has 4 aromatic rings. The number of thioether (sulfide) groups is 1. The standard InChI is InChI=1S/C22H20Cl2N4OS2/c1-3-28-20(11-29-19-9-8-15(23)10-14(19)2)26-27-22(28)31-13-16-12-30-21(25-16)17-6-4-5-7-18(17)24/h4-10,12H,3,11,13H2,1-2H3. The van der Waals surface area contributed by atoms with Crippen LogP contribution in [0.5, 0.6) is 5.75 Å². The third kappa shape index (κ3) is 5.23. The fraction of sp³-hybridized carbons (Fsp3) is 0.227. The van der Waals surface area contributed by atoms with Crippen molar-refractivity contribution in [1.82, 2.24) is 19.7 Å². The van der Waals surface area contributed by atoms with Gasteiger partial charge in [-0.15, -0.1) is 21.5 Å². The van der Waals surface area contributed by atoms with E-state index in [4.69, 9.17) is 32.9 Å². The predicted molar refractivity (Wildman–Crippen MR) is 128 cm³/mol. The van der Waals surface area contributed by atoms with Gasteiger partial charge in [0.05, 0.1) is 10.7 Å². The van der Waals surface area contributed by atoms with Crippen molar-refractivity contribution in [1.29, 1.82) is 0 Å². The number of aryl methyl sites for hydroxylation is 1. The average Bonchev–Trinajstić information content (AvgIpc) is 3.38. The maximum absolute atomic E-state index is 6.30. The first-order valence-electron chi connectivity index (χ1n) is 9.68. The number of hydrogen-bond acceptors (Lipinski definition) is 6. The predicted octanol–water partition coefficient (Wildman–Crippen LogP) is 6.91. The lowest BCUT2D eigenvalue weighted by molar-refractivity contribution is 0.286. The Balaban J connectivity index is 1.42. The third-order valence-corrected chi connectivity index (χ3v) is 7.10. The van der Waals surface area contributed by atoms with Gasteiger partial charge in [-0.1, -0.05) is 53.2 Å². The summed E-state index contributed by atoms with van der Waals surface area (Å²) in [6.45, 7) is 5.15. The SMILES string of the molecule is CCn1c(COc2ccc(Cl)cc2C)nnc1SCc1csc(-c2ccccc2Cl)n1. The molecule has 9 heteroatoms. The number of benzene rings is 2. The molecule has 5 nitrogen and oxygen atoms in total. The molecular weight excluding hydrogens is 471 g/mol. The van der Waals surface area contributed by atoms with Gasteiger partial charge in [-0.05, 0) is 43.7 Å². The molecule has 0 atom stereocenters. The minimum atomic E-state index is 0.344. The van der Waals surface area contributed by atoms with Crippen LogP contribution in [0.3, 0.4) is 0 Å². The molecule has 2 aromatic carbocycles. The molecular formula is C22H20Cl2N4OS2. The van der Waals surface area contributed by atoms with Crippen LogP contribution >= 0.6 is 46.3 Å². The fourth-order valence-corrected chi connectivity index (χ4v) is 5.42. The van der Waals surface area contributed by atoms with Crippen molar-refractivity contribution >= 4 is 46.3 Å². The van der Waals surface area contributed by atoms with Crippen molar-refractivity contribution in [2.24, 2.45) is 0 Å². The molecule has 0 bridgehead atoms. The van der Waals surface area contributed by atoms with Crippen LogP contribution in [-0.4, -0.2) is 19.7 Å². The average molecular weight is 491 g/mol. The molecule has 0 saturated carbocycles. The van der Waals surface area contributed by atoms with E-state index in [2.05, 4.69) is 27.1 Å². The van der Waals surface area contributed by atoms with Gasteiger partial charge in [0.2, 0.25) is 0 Å². The Labute approximate surface area is 199 Å². The lowest BCUT2D eigenvalue weighted by Crippen LogP contribution is -2.07. The summed E-state index contributed by atoms with van der Waals surface area (Å²) in [7, 11) is 0. The van der Waals surface area contributed by atoms with Gasteiger partial charge in [0, 0.05) is 28.3 Å². The van der Waals surface area contributed by atoms with Gasteiger partial charge in [0.1, 0.15) is 17.4 Å². The van der Waals surface area contributed by atoms with Crippen LogP contribution in [0.2, 0.25) is 10.0 Å². The lowest BCUT2D eigenvalue weighted by atomic mass is 10.2. The number of hydrogen-bond donors (Lipinski definition) is 0. The molecule has 2 aromatic heterocycles. The van der Waals surface area contributed by atoms with E-state index >= 15 is 0 Å². The summed E-state index contributed by atoms with van der Waals surface area (Å²) in [5.41, 5.74) is 2.94. The second-order valence-corrected chi connectivity index (χ2v) is 9.40. The van der Waals surface area contributed by atoms with E-state index in [9.17, 15) is 0 Å². The number of thiazole rings is 1. The number of ether oxygens (including phenoxy) is 1. The molecule has 4 rings (SSSR count). The summed E-state index contributed by atoms with van der Waals surface area (Å²) < 4.78 is 8.01. The van der Waals surface area contributed by atoms with Crippen LogP contribution in [0, 0.1) is 6.92 Å². The van der Waals surface area contributed by atoms with Crippen molar-refractivity contribution in [3.8, 4) is 16.3 Å². The number of halogens is 2. The van der Waals surface area contributed by atoms with Crippen molar-refractivity contribution in [2.45, 2.75) is 37.9 Å². The van der Waals surface area contributed by atoms with Gasteiger partial charge in [-0.2, -0.15) is 0 Å². The van der Waals surface area contributed by atoms with Gasteiger partial charge in [0.15, 0.2) is 11.0 Å². The van der Waals surface area contributed by atoms with Gasteiger partial charge in [0.25, 0.3) is 0 Å². The molecule has 0 N–H and O–H groups in total.